The molecule has 0 aliphatic carbocycles. The topological polar surface area (TPSA) is 38.3 Å². The third-order valence-corrected chi connectivity index (χ3v) is 4.18. The number of alkyl halides is 3. The van der Waals surface area contributed by atoms with Gasteiger partial charge in [-0.15, -0.1) is 0 Å². The van der Waals surface area contributed by atoms with Gasteiger partial charge in [0.2, 0.25) is 0 Å². The SMILES string of the molecule is COC(C)(CNC(=O)c1ccc(C(F)(F)F)cc1)c1cccc(Cl)c1. The molecule has 0 radical (unpaired) electrons. The molecule has 1 unspecified atom stereocenters. The number of rotatable bonds is 5. The van der Waals surface area contributed by atoms with E-state index in [-0.39, 0.29) is 12.1 Å². The average molecular weight is 372 g/mol. The van der Waals surface area contributed by atoms with Crippen LogP contribution in [0, 0.1) is 0 Å². The summed E-state index contributed by atoms with van der Waals surface area (Å²) in [7, 11) is 1.51. The molecule has 3 nitrogen and oxygen atoms in total. The smallest absolute Gasteiger partial charge is 0.372 e. The van der Waals surface area contributed by atoms with Crippen molar-refractivity contribution in [3.63, 3.8) is 0 Å². The van der Waals surface area contributed by atoms with Gasteiger partial charge in [0.05, 0.1) is 12.1 Å². The molecule has 0 bridgehead atoms. The summed E-state index contributed by atoms with van der Waals surface area (Å²) in [5, 5.41) is 3.22. The lowest BCUT2D eigenvalue weighted by Crippen LogP contribution is -2.40. The molecule has 1 N–H and O–H groups in total. The Bertz CT molecular complexity index is 747. The molecule has 7 heteroatoms. The largest absolute Gasteiger partial charge is 0.416 e. The maximum absolute atomic E-state index is 12.6. The highest BCUT2D eigenvalue weighted by atomic mass is 35.5. The molecule has 0 spiro atoms. The van der Waals surface area contributed by atoms with E-state index in [9.17, 15) is 18.0 Å². The lowest BCUT2D eigenvalue weighted by molar-refractivity contribution is -0.137. The van der Waals surface area contributed by atoms with Crippen LogP contribution in [0.25, 0.3) is 0 Å². The minimum Gasteiger partial charge on any atom is -0.372 e. The second kappa shape index (κ2) is 7.45. The van der Waals surface area contributed by atoms with Gasteiger partial charge in [0.1, 0.15) is 5.60 Å². The van der Waals surface area contributed by atoms with E-state index in [1.807, 2.05) is 6.07 Å². The van der Waals surface area contributed by atoms with Crippen molar-refractivity contribution in [2.45, 2.75) is 18.7 Å². The van der Waals surface area contributed by atoms with Crippen molar-refractivity contribution in [2.75, 3.05) is 13.7 Å². The highest BCUT2D eigenvalue weighted by Crippen LogP contribution is 2.29. The summed E-state index contributed by atoms with van der Waals surface area (Å²) in [6, 6.07) is 11.1. The zero-order valence-corrected chi connectivity index (χ0v) is 14.4. The summed E-state index contributed by atoms with van der Waals surface area (Å²) in [6.45, 7) is 1.91. The second-order valence-electron chi connectivity index (χ2n) is 5.70. The number of methoxy groups -OCH3 is 1. The zero-order valence-electron chi connectivity index (χ0n) is 13.7. The van der Waals surface area contributed by atoms with Gasteiger partial charge in [-0.2, -0.15) is 13.2 Å². The quantitative estimate of drug-likeness (QED) is 0.830. The summed E-state index contributed by atoms with van der Waals surface area (Å²) in [4.78, 5) is 12.2. The first-order valence-electron chi connectivity index (χ1n) is 7.42. The third-order valence-electron chi connectivity index (χ3n) is 3.95. The molecule has 0 heterocycles. The van der Waals surface area contributed by atoms with Gasteiger partial charge in [-0.3, -0.25) is 4.79 Å². The fourth-order valence-electron chi connectivity index (χ4n) is 2.27. The van der Waals surface area contributed by atoms with Crippen molar-refractivity contribution in [3.05, 3.63) is 70.2 Å². The lowest BCUT2D eigenvalue weighted by Gasteiger charge is -2.29. The Labute approximate surface area is 148 Å². The van der Waals surface area contributed by atoms with Crippen molar-refractivity contribution < 1.29 is 22.7 Å². The van der Waals surface area contributed by atoms with Crippen molar-refractivity contribution in [1.82, 2.24) is 5.32 Å². The molecular weight excluding hydrogens is 355 g/mol. The van der Waals surface area contributed by atoms with Gasteiger partial charge in [0.15, 0.2) is 0 Å². The molecular formula is C18H17ClF3NO2. The minimum absolute atomic E-state index is 0.129. The van der Waals surface area contributed by atoms with Crippen molar-refractivity contribution >= 4 is 17.5 Å². The number of amides is 1. The fourth-order valence-corrected chi connectivity index (χ4v) is 2.46. The summed E-state index contributed by atoms with van der Waals surface area (Å²) in [6.07, 6.45) is -4.43. The lowest BCUT2D eigenvalue weighted by atomic mass is 9.95. The molecule has 0 aliphatic rings. The van der Waals surface area contributed by atoms with Crippen molar-refractivity contribution in [2.24, 2.45) is 0 Å². The standard InChI is InChI=1S/C18H17ClF3NO2/c1-17(25-2,14-4-3-5-15(19)10-14)11-23-16(24)12-6-8-13(9-7-12)18(20,21)22/h3-10H,11H2,1-2H3,(H,23,24). The third kappa shape index (κ3) is 4.74. The van der Waals surface area contributed by atoms with E-state index in [1.165, 1.54) is 7.11 Å². The van der Waals surface area contributed by atoms with E-state index in [4.69, 9.17) is 16.3 Å². The Morgan fingerprint density at radius 2 is 1.76 bits per heavy atom. The van der Waals surface area contributed by atoms with Crippen LogP contribution in [0.15, 0.2) is 48.5 Å². The number of nitrogens with one attached hydrogen (secondary N) is 1. The predicted molar refractivity (Wildman–Crippen MR) is 89.6 cm³/mol. The molecule has 1 atom stereocenters. The number of benzene rings is 2. The zero-order chi connectivity index (χ0) is 18.7. The summed E-state index contributed by atoms with van der Waals surface area (Å²) < 4.78 is 43.2. The number of hydrogen-bond acceptors (Lipinski definition) is 2. The normalized spacial score (nSPS) is 14.0. The van der Waals surface area contributed by atoms with Gasteiger partial charge in [0.25, 0.3) is 5.91 Å². The summed E-state index contributed by atoms with van der Waals surface area (Å²) >= 11 is 5.98. The van der Waals surface area contributed by atoms with E-state index in [0.717, 1.165) is 29.8 Å². The van der Waals surface area contributed by atoms with Crippen LogP contribution in [0.5, 0.6) is 0 Å². The van der Waals surface area contributed by atoms with Crippen LogP contribution in [0.1, 0.15) is 28.4 Å². The molecule has 0 aromatic heterocycles. The Morgan fingerprint density at radius 1 is 1.12 bits per heavy atom. The first-order valence-corrected chi connectivity index (χ1v) is 7.80. The van der Waals surface area contributed by atoms with Crippen LogP contribution in [-0.4, -0.2) is 19.6 Å². The number of carbonyl (C=O) groups is 1. The Balaban J connectivity index is 2.09. The second-order valence-corrected chi connectivity index (χ2v) is 6.14. The van der Waals surface area contributed by atoms with Gasteiger partial charge in [0, 0.05) is 17.7 Å². The highest BCUT2D eigenvalue weighted by Gasteiger charge is 2.30. The monoisotopic (exact) mass is 371 g/mol. The van der Waals surface area contributed by atoms with E-state index < -0.39 is 23.2 Å². The van der Waals surface area contributed by atoms with Crippen LogP contribution < -0.4 is 5.32 Å². The Morgan fingerprint density at radius 3 is 2.28 bits per heavy atom. The van der Waals surface area contributed by atoms with E-state index in [2.05, 4.69) is 5.32 Å². The molecule has 2 aromatic carbocycles. The number of ether oxygens (including phenoxy) is 1. The van der Waals surface area contributed by atoms with Crippen molar-refractivity contribution in [1.29, 1.82) is 0 Å². The van der Waals surface area contributed by atoms with Crippen LogP contribution in [-0.2, 0) is 16.5 Å². The fraction of sp³-hybridized carbons (Fsp3) is 0.278. The van der Waals surface area contributed by atoms with Crippen LogP contribution in [0.4, 0.5) is 13.2 Å². The molecule has 0 saturated carbocycles. The van der Waals surface area contributed by atoms with Crippen molar-refractivity contribution in [3.8, 4) is 0 Å². The van der Waals surface area contributed by atoms with Crippen LogP contribution >= 0.6 is 11.6 Å². The van der Waals surface area contributed by atoms with E-state index >= 15 is 0 Å². The predicted octanol–water partition coefficient (Wildman–Crippen LogP) is 4.65. The van der Waals surface area contributed by atoms with E-state index in [0.29, 0.717) is 5.02 Å². The number of halogens is 4. The van der Waals surface area contributed by atoms with Gasteiger partial charge in [-0.25, -0.2) is 0 Å². The molecule has 0 aliphatic heterocycles. The molecule has 25 heavy (non-hydrogen) atoms. The minimum atomic E-state index is -4.43. The molecule has 2 aromatic rings. The summed E-state index contributed by atoms with van der Waals surface area (Å²) in [5.41, 5.74) is -0.718. The maximum Gasteiger partial charge on any atom is 0.416 e. The molecule has 0 saturated heterocycles. The van der Waals surface area contributed by atoms with Gasteiger partial charge < -0.3 is 10.1 Å². The summed E-state index contributed by atoms with van der Waals surface area (Å²) in [5.74, 6) is -0.487. The molecule has 1 amide bonds. The van der Waals surface area contributed by atoms with Gasteiger partial charge >= 0.3 is 6.18 Å². The highest BCUT2D eigenvalue weighted by molar-refractivity contribution is 6.30. The Hall–Kier alpha value is -2.05. The van der Waals surface area contributed by atoms with E-state index in [1.54, 1.807) is 25.1 Å². The molecule has 2 rings (SSSR count). The molecule has 0 fully saturated rings. The van der Waals surface area contributed by atoms with Gasteiger partial charge in [-0.1, -0.05) is 23.7 Å². The molecule has 134 valence electrons. The van der Waals surface area contributed by atoms with Crippen LogP contribution in [0.2, 0.25) is 5.02 Å². The first kappa shape index (κ1) is 19.3. The Kier molecular flexibility index (Phi) is 5.75. The number of hydrogen-bond donors (Lipinski definition) is 1. The average Bonchev–Trinajstić information content (AvgIpc) is 2.58. The maximum atomic E-state index is 12.6. The van der Waals surface area contributed by atoms with Crippen LogP contribution in [0.3, 0.4) is 0 Å². The first-order chi connectivity index (χ1) is 11.7. The number of carbonyl (C=O) groups excluding carboxylic acids is 1. The van der Waals surface area contributed by atoms with Gasteiger partial charge in [-0.05, 0) is 48.9 Å².